The molecule has 144 valence electrons. The summed E-state index contributed by atoms with van der Waals surface area (Å²) in [4.78, 5) is 25.6. The molecule has 1 aliphatic heterocycles. The Kier molecular flexibility index (Phi) is 6.51. The molecule has 2 aromatic rings. The number of aromatic nitrogens is 2. The number of hydrogen-bond acceptors (Lipinski definition) is 8. The van der Waals surface area contributed by atoms with Crippen LogP contribution in [0.2, 0.25) is 0 Å². The summed E-state index contributed by atoms with van der Waals surface area (Å²) in [6.07, 6.45) is 2.45. The van der Waals surface area contributed by atoms with E-state index in [1.165, 1.54) is 23.1 Å². The second kappa shape index (κ2) is 9.05. The highest BCUT2D eigenvalue weighted by atomic mass is 32.2. The molecule has 3 N–H and O–H groups in total. The lowest BCUT2D eigenvalue weighted by Gasteiger charge is -2.33. The molecule has 1 atom stereocenters. The van der Waals surface area contributed by atoms with Gasteiger partial charge in [-0.3, -0.25) is 9.59 Å². The molecule has 0 aliphatic carbocycles. The standard InChI is InChI=1S/C17H21N5O3S2/c1-25-13-8-3-2-6-11(13)19-16-20-21-17(27-16)26-10-14(23)22-9-5-4-7-12(22)15(18)24/h2-3,6,8,12H,4-5,7,9-10H2,1H3,(H2,18,24)(H,19,20)/t12-/m1/s1. The van der Waals surface area contributed by atoms with Crippen LogP contribution >= 0.6 is 23.1 Å². The summed E-state index contributed by atoms with van der Waals surface area (Å²) >= 11 is 2.66. The predicted octanol–water partition coefficient (Wildman–Crippen LogP) is 2.25. The van der Waals surface area contributed by atoms with Crippen LogP contribution in [0.5, 0.6) is 5.75 Å². The minimum Gasteiger partial charge on any atom is -0.495 e. The molecule has 0 saturated carbocycles. The second-order valence-electron chi connectivity index (χ2n) is 5.99. The lowest BCUT2D eigenvalue weighted by Crippen LogP contribution is -2.51. The van der Waals surface area contributed by atoms with Crippen LogP contribution < -0.4 is 15.8 Å². The van der Waals surface area contributed by atoms with E-state index in [1.54, 1.807) is 12.0 Å². The van der Waals surface area contributed by atoms with Gasteiger partial charge in [-0.05, 0) is 31.4 Å². The molecular formula is C17H21N5O3S2. The number of thioether (sulfide) groups is 1. The van der Waals surface area contributed by atoms with Gasteiger partial charge in [-0.2, -0.15) is 0 Å². The monoisotopic (exact) mass is 407 g/mol. The zero-order chi connectivity index (χ0) is 19.2. The SMILES string of the molecule is COc1ccccc1Nc1nnc(SCC(=O)N2CCCC[C@@H]2C(N)=O)s1. The third-order valence-corrected chi connectivity index (χ3v) is 6.18. The van der Waals surface area contributed by atoms with Gasteiger partial charge in [0.1, 0.15) is 11.8 Å². The molecule has 8 nitrogen and oxygen atoms in total. The highest BCUT2D eigenvalue weighted by Crippen LogP contribution is 2.31. The van der Waals surface area contributed by atoms with Crippen LogP contribution in [0.4, 0.5) is 10.8 Å². The van der Waals surface area contributed by atoms with E-state index >= 15 is 0 Å². The number of hydrogen-bond donors (Lipinski definition) is 2. The summed E-state index contributed by atoms with van der Waals surface area (Å²) in [5.41, 5.74) is 6.22. The highest BCUT2D eigenvalue weighted by molar-refractivity contribution is 8.01. The smallest absolute Gasteiger partial charge is 0.240 e. The largest absolute Gasteiger partial charge is 0.495 e. The Labute approximate surface area is 165 Å². The van der Waals surface area contributed by atoms with Gasteiger partial charge in [0.25, 0.3) is 0 Å². The van der Waals surface area contributed by atoms with Crippen LogP contribution in [-0.2, 0) is 9.59 Å². The first kappa shape index (κ1) is 19.4. The van der Waals surface area contributed by atoms with Crippen molar-refractivity contribution in [2.45, 2.75) is 29.6 Å². The fourth-order valence-corrected chi connectivity index (χ4v) is 4.56. The molecule has 1 aliphatic rings. The average molecular weight is 408 g/mol. The topological polar surface area (TPSA) is 110 Å². The van der Waals surface area contributed by atoms with Crippen molar-refractivity contribution in [1.82, 2.24) is 15.1 Å². The van der Waals surface area contributed by atoms with Crippen LogP contribution in [0.25, 0.3) is 0 Å². The minimum absolute atomic E-state index is 0.0991. The van der Waals surface area contributed by atoms with Crippen molar-refractivity contribution in [2.75, 3.05) is 24.7 Å². The number of ether oxygens (including phenoxy) is 1. The normalized spacial score (nSPS) is 16.8. The van der Waals surface area contributed by atoms with E-state index in [2.05, 4.69) is 15.5 Å². The van der Waals surface area contributed by atoms with E-state index in [0.29, 0.717) is 28.2 Å². The molecule has 0 unspecified atom stereocenters. The maximum Gasteiger partial charge on any atom is 0.240 e. The van der Waals surface area contributed by atoms with Gasteiger partial charge < -0.3 is 20.7 Å². The van der Waals surface area contributed by atoms with Crippen molar-refractivity contribution in [3.63, 3.8) is 0 Å². The molecule has 0 spiro atoms. The molecule has 10 heteroatoms. The van der Waals surface area contributed by atoms with Crippen LogP contribution in [0, 0.1) is 0 Å². The molecule has 2 amide bonds. The Morgan fingerprint density at radius 2 is 2.19 bits per heavy atom. The number of para-hydroxylation sites is 2. The van der Waals surface area contributed by atoms with Crippen molar-refractivity contribution in [3.05, 3.63) is 24.3 Å². The van der Waals surface area contributed by atoms with E-state index < -0.39 is 11.9 Å². The number of rotatable bonds is 7. The lowest BCUT2D eigenvalue weighted by molar-refractivity contribution is -0.138. The van der Waals surface area contributed by atoms with Gasteiger partial charge in [-0.25, -0.2) is 0 Å². The highest BCUT2D eigenvalue weighted by Gasteiger charge is 2.30. The summed E-state index contributed by atoms with van der Waals surface area (Å²) in [7, 11) is 1.60. The average Bonchev–Trinajstić information content (AvgIpc) is 3.14. The van der Waals surface area contributed by atoms with Crippen molar-refractivity contribution in [2.24, 2.45) is 5.73 Å². The number of piperidine rings is 1. The Hall–Kier alpha value is -2.33. The number of carbonyl (C=O) groups excluding carboxylic acids is 2. The second-order valence-corrected chi connectivity index (χ2v) is 8.19. The van der Waals surface area contributed by atoms with E-state index in [1.807, 2.05) is 24.3 Å². The number of benzene rings is 1. The van der Waals surface area contributed by atoms with E-state index in [9.17, 15) is 9.59 Å². The number of nitrogens with one attached hydrogen (secondary N) is 1. The van der Waals surface area contributed by atoms with Gasteiger partial charge >= 0.3 is 0 Å². The Morgan fingerprint density at radius 1 is 1.37 bits per heavy atom. The van der Waals surface area contributed by atoms with Gasteiger partial charge in [0.15, 0.2) is 4.34 Å². The van der Waals surface area contributed by atoms with Crippen LogP contribution in [-0.4, -0.2) is 52.4 Å². The van der Waals surface area contributed by atoms with Crippen LogP contribution in [0.1, 0.15) is 19.3 Å². The van der Waals surface area contributed by atoms with Crippen molar-refractivity contribution < 1.29 is 14.3 Å². The summed E-state index contributed by atoms with van der Waals surface area (Å²) in [5, 5.41) is 12.0. The van der Waals surface area contributed by atoms with E-state index in [0.717, 1.165) is 18.5 Å². The Bertz CT molecular complexity index is 813. The first-order valence-electron chi connectivity index (χ1n) is 8.53. The minimum atomic E-state index is -0.496. The third-order valence-electron chi connectivity index (χ3n) is 4.23. The summed E-state index contributed by atoms with van der Waals surface area (Å²) in [6, 6.07) is 7.02. The zero-order valence-electron chi connectivity index (χ0n) is 14.9. The maximum atomic E-state index is 12.5. The van der Waals surface area contributed by atoms with Crippen molar-refractivity contribution in [1.29, 1.82) is 0 Å². The Balaban J connectivity index is 1.57. The molecular weight excluding hydrogens is 386 g/mol. The number of anilines is 2. The number of primary amides is 1. The molecule has 1 saturated heterocycles. The van der Waals surface area contributed by atoms with Crippen molar-refractivity contribution >= 4 is 45.7 Å². The van der Waals surface area contributed by atoms with Gasteiger partial charge in [0.05, 0.1) is 18.6 Å². The fourth-order valence-electron chi connectivity index (χ4n) is 2.91. The number of nitrogens with zero attached hydrogens (tertiary/aromatic N) is 3. The van der Waals surface area contributed by atoms with Gasteiger partial charge in [-0.15, -0.1) is 10.2 Å². The van der Waals surface area contributed by atoms with Crippen LogP contribution in [0.3, 0.4) is 0 Å². The van der Waals surface area contributed by atoms with Gasteiger partial charge in [0, 0.05) is 6.54 Å². The Morgan fingerprint density at radius 3 is 2.96 bits per heavy atom. The quantitative estimate of drug-likeness (QED) is 0.677. The first-order chi connectivity index (χ1) is 13.1. The molecule has 1 aromatic heterocycles. The number of carbonyl (C=O) groups is 2. The predicted molar refractivity (Wildman–Crippen MR) is 105 cm³/mol. The third kappa shape index (κ3) is 4.89. The molecule has 27 heavy (non-hydrogen) atoms. The molecule has 2 heterocycles. The van der Waals surface area contributed by atoms with Gasteiger partial charge in [0.2, 0.25) is 16.9 Å². The first-order valence-corrected chi connectivity index (χ1v) is 10.3. The maximum absolute atomic E-state index is 12.5. The fraction of sp³-hybridized carbons (Fsp3) is 0.412. The number of nitrogens with two attached hydrogens (primary N) is 1. The summed E-state index contributed by atoms with van der Waals surface area (Å²) in [5.74, 6) is 0.373. The van der Waals surface area contributed by atoms with E-state index in [-0.39, 0.29) is 11.7 Å². The molecule has 3 rings (SSSR count). The van der Waals surface area contributed by atoms with Crippen LogP contribution in [0.15, 0.2) is 28.6 Å². The van der Waals surface area contributed by atoms with Crippen molar-refractivity contribution in [3.8, 4) is 5.75 Å². The van der Waals surface area contributed by atoms with E-state index in [4.69, 9.17) is 10.5 Å². The summed E-state index contributed by atoms with van der Waals surface area (Å²) in [6.45, 7) is 0.573. The lowest BCUT2D eigenvalue weighted by atomic mass is 10.0. The molecule has 1 fully saturated rings. The summed E-state index contributed by atoms with van der Waals surface area (Å²) < 4.78 is 5.98. The van der Waals surface area contributed by atoms with Gasteiger partial charge in [-0.1, -0.05) is 35.2 Å². The number of amides is 2. The molecule has 0 radical (unpaired) electrons. The number of likely N-dealkylation sites (tertiary alicyclic amines) is 1. The molecule has 1 aromatic carbocycles. The number of methoxy groups -OCH3 is 1. The molecule has 0 bridgehead atoms. The zero-order valence-corrected chi connectivity index (χ0v) is 16.5.